The summed E-state index contributed by atoms with van der Waals surface area (Å²) in [4.78, 5) is 33.7. The molecule has 2 heterocycles. The lowest BCUT2D eigenvalue weighted by atomic mass is 9.83. The Morgan fingerprint density at radius 1 is 1.00 bits per heavy atom. The number of para-hydroxylation sites is 2. The number of nitrogens with zero attached hydrogens (tertiary/aromatic N) is 3. The number of hydrogen-bond acceptors (Lipinski definition) is 5. The van der Waals surface area contributed by atoms with Crippen LogP contribution in [0.15, 0.2) is 88.5 Å². The van der Waals surface area contributed by atoms with Crippen LogP contribution in [0.2, 0.25) is 0 Å². The molecule has 1 aliphatic heterocycles. The molecule has 5 nitrogen and oxygen atoms in total. The average Bonchev–Trinajstić information content (AvgIpc) is 3.04. The van der Waals surface area contributed by atoms with Crippen LogP contribution < -0.4 is 10.5 Å². The van der Waals surface area contributed by atoms with Gasteiger partial charge in [-0.2, -0.15) is 0 Å². The van der Waals surface area contributed by atoms with Crippen molar-refractivity contribution in [3.05, 3.63) is 106 Å². The van der Waals surface area contributed by atoms with Gasteiger partial charge in [0.15, 0.2) is 10.9 Å². The highest BCUT2D eigenvalue weighted by atomic mass is 32.2. The summed E-state index contributed by atoms with van der Waals surface area (Å²) in [5.74, 6) is 0.164. The second-order valence-electron chi connectivity index (χ2n) is 9.83. The Labute approximate surface area is 215 Å². The van der Waals surface area contributed by atoms with Crippen LogP contribution in [0.3, 0.4) is 0 Å². The van der Waals surface area contributed by atoms with E-state index in [1.165, 1.54) is 17.3 Å². The Bertz CT molecular complexity index is 1600. The maximum Gasteiger partial charge on any atom is 0.266 e. The first-order valence-electron chi connectivity index (χ1n) is 12.0. The number of fused-ring (bicyclic) bond motifs is 2. The van der Waals surface area contributed by atoms with E-state index in [9.17, 15) is 9.59 Å². The molecule has 0 saturated heterocycles. The van der Waals surface area contributed by atoms with Crippen LogP contribution in [0.1, 0.15) is 30.5 Å². The number of carbonyl (C=O) groups is 1. The Hall–Kier alpha value is -3.64. The van der Waals surface area contributed by atoms with Crippen LogP contribution in [0.25, 0.3) is 16.6 Å². The second-order valence-corrected chi connectivity index (χ2v) is 10.8. The summed E-state index contributed by atoms with van der Waals surface area (Å²) in [6.45, 7) is 8.30. The minimum absolute atomic E-state index is 0.0164. The fourth-order valence-electron chi connectivity index (χ4n) is 5.07. The monoisotopic (exact) mass is 495 g/mol. The van der Waals surface area contributed by atoms with Crippen molar-refractivity contribution in [2.75, 3.05) is 17.7 Å². The van der Waals surface area contributed by atoms with E-state index in [0.717, 1.165) is 28.2 Å². The number of benzene rings is 3. The van der Waals surface area contributed by atoms with Gasteiger partial charge in [0.25, 0.3) is 5.56 Å². The van der Waals surface area contributed by atoms with Crippen LogP contribution in [0.4, 0.5) is 5.69 Å². The number of hydrogen-bond donors (Lipinski definition) is 0. The number of likely N-dealkylation sites (N-methyl/N-ethyl adjacent to an activating group) is 1. The van der Waals surface area contributed by atoms with E-state index in [-0.39, 0.29) is 22.5 Å². The van der Waals surface area contributed by atoms with Crippen molar-refractivity contribution in [2.45, 2.75) is 38.3 Å². The number of allylic oxidation sites excluding steroid dienone is 2. The molecule has 0 unspecified atom stereocenters. The quantitative estimate of drug-likeness (QED) is 0.194. The Morgan fingerprint density at radius 2 is 1.72 bits per heavy atom. The zero-order valence-corrected chi connectivity index (χ0v) is 22.0. The van der Waals surface area contributed by atoms with Gasteiger partial charge in [-0.25, -0.2) is 4.98 Å². The van der Waals surface area contributed by atoms with Crippen molar-refractivity contribution in [2.24, 2.45) is 0 Å². The molecular weight excluding hydrogens is 466 g/mol. The minimum atomic E-state index is -0.270. The van der Waals surface area contributed by atoms with Crippen molar-refractivity contribution in [3.8, 4) is 5.69 Å². The van der Waals surface area contributed by atoms with Crippen LogP contribution in [0, 0.1) is 13.8 Å². The average molecular weight is 496 g/mol. The van der Waals surface area contributed by atoms with E-state index in [1.807, 2.05) is 63.4 Å². The van der Waals surface area contributed by atoms with E-state index in [0.29, 0.717) is 16.1 Å². The predicted molar refractivity (Wildman–Crippen MR) is 148 cm³/mol. The molecule has 0 aliphatic carbocycles. The summed E-state index contributed by atoms with van der Waals surface area (Å²) < 4.78 is 1.64. The van der Waals surface area contributed by atoms with Gasteiger partial charge >= 0.3 is 0 Å². The molecule has 1 aliphatic rings. The van der Waals surface area contributed by atoms with Crippen LogP contribution in [-0.4, -0.2) is 28.1 Å². The lowest BCUT2D eigenvalue weighted by Crippen LogP contribution is -2.25. The highest BCUT2D eigenvalue weighted by Crippen LogP contribution is 2.46. The topological polar surface area (TPSA) is 55.2 Å². The molecule has 1 aromatic heterocycles. The number of anilines is 1. The van der Waals surface area contributed by atoms with Gasteiger partial charge in [-0.05, 0) is 49.2 Å². The largest absolute Gasteiger partial charge is 0.347 e. The standard InChI is InChI=1S/C30H29N3O2S/c1-19-14-15-25(20(2)16-19)33-28(35)22-10-6-8-12-24(22)31-29(33)36-18-21(34)17-27-30(3,4)23-11-7-9-13-26(23)32(27)5/h6-17H,18H2,1-5H3. The predicted octanol–water partition coefficient (Wildman–Crippen LogP) is 5.98. The molecule has 182 valence electrons. The Balaban J connectivity index is 1.51. The van der Waals surface area contributed by atoms with Crippen LogP contribution in [-0.2, 0) is 10.2 Å². The highest BCUT2D eigenvalue weighted by Gasteiger charge is 2.38. The van der Waals surface area contributed by atoms with Crippen LogP contribution >= 0.6 is 11.8 Å². The molecule has 0 saturated carbocycles. The number of aromatic nitrogens is 2. The van der Waals surface area contributed by atoms with Gasteiger partial charge in [-0.3, -0.25) is 14.2 Å². The number of thioether (sulfide) groups is 1. The smallest absolute Gasteiger partial charge is 0.266 e. The van der Waals surface area contributed by atoms with Gasteiger partial charge in [0.05, 0.1) is 22.3 Å². The normalized spacial score (nSPS) is 15.5. The van der Waals surface area contributed by atoms with Gasteiger partial charge in [0.1, 0.15) is 0 Å². The summed E-state index contributed by atoms with van der Waals surface area (Å²) in [6.07, 6.45) is 1.74. The summed E-state index contributed by atoms with van der Waals surface area (Å²) in [6, 6.07) is 21.6. The highest BCUT2D eigenvalue weighted by molar-refractivity contribution is 7.99. The van der Waals surface area contributed by atoms with Crippen molar-refractivity contribution in [3.63, 3.8) is 0 Å². The lowest BCUT2D eigenvalue weighted by Gasteiger charge is -2.24. The molecule has 6 heteroatoms. The van der Waals surface area contributed by atoms with E-state index in [2.05, 4.69) is 36.9 Å². The molecule has 0 spiro atoms. The molecule has 0 atom stereocenters. The van der Waals surface area contributed by atoms with E-state index in [4.69, 9.17) is 4.98 Å². The van der Waals surface area contributed by atoms with Crippen LogP contribution in [0.5, 0.6) is 0 Å². The molecule has 0 bridgehead atoms. The number of carbonyl (C=O) groups excluding carboxylic acids is 1. The van der Waals surface area contributed by atoms with Crippen molar-refractivity contribution < 1.29 is 4.79 Å². The molecule has 3 aromatic carbocycles. The van der Waals surface area contributed by atoms with E-state index >= 15 is 0 Å². The molecule has 4 aromatic rings. The summed E-state index contributed by atoms with van der Waals surface area (Å²) >= 11 is 1.30. The maximum atomic E-state index is 13.6. The fourth-order valence-corrected chi connectivity index (χ4v) is 5.89. The first-order valence-corrected chi connectivity index (χ1v) is 13.0. The fraction of sp³-hybridized carbons (Fsp3) is 0.233. The Morgan fingerprint density at radius 3 is 2.47 bits per heavy atom. The second kappa shape index (κ2) is 9.10. The molecule has 0 fully saturated rings. The zero-order valence-electron chi connectivity index (χ0n) is 21.2. The molecule has 5 rings (SSSR count). The molecule has 36 heavy (non-hydrogen) atoms. The number of ketones is 1. The molecular formula is C30H29N3O2S. The first-order chi connectivity index (χ1) is 17.2. The molecule has 0 amide bonds. The number of aryl methyl sites for hydroxylation is 2. The van der Waals surface area contributed by atoms with Gasteiger partial charge in [-0.1, -0.05) is 73.6 Å². The summed E-state index contributed by atoms with van der Waals surface area (Å²) in [5, 5.41) is 1.07. The van der Waals surface area contributed by atoms with Gasteiger partial charge in [0.2, 0.25) is 0 Å². The minimum Gasteiger partial charge on any atom is -0.347 e. The van der Waals surface area contributed by atoms with Gasteiger partial charge in [0, 0.05) is 29.9 Å². The Kier molecular flexibility index (Phi) is 6.08. The van der Waals surface area contributed by atoms with E-state index < -0.39 is 0 Å². The summed E-state index contributed by atoms with van der Waals surface area (Å²) in [5.41, 5.74) is 6.41. The van der Waals surface area contributed by atoms with Gasteiger partial charge < -0.3 is 4.90 Å². The number of rotatable bonds is 5. The molecule has 0 radical (unpaired) electrons. The summed E-state index contributed by atoms with van der Waals surface area (Å²) in [7, 11) is 2.00. The van der Waals surface area contributed by atoms with Crippen molar-refractivity contribution in [1.29, 1.82) is 0 Å². The SMILES string of the molecule is Cc1ccc(-n2c(SCC(=O)C=C3N(C)c4ccccc4C3(C)C)nc3ccccc3c2=O)c(C)c1. The van der Waals surface area contributed by atoms with Crippen molar-refractivity contribution in [1.82, 2.24) is 9.55 Å². The molecule has 0 N–H and O–H groups in total. The zero-order chi connectivity index (χ0) is 25.6. The lowest BCUT2D eigenvalue weighted by molar-refractivity contribution is -0.112. The van der Waals surface area contributed by atoms with Crippen molar-refractivity contribution >= 4 is 34.1 Å². The first kappa shape index (κ1) is 24.1. The third-order valence-electron chi connectivity index (χ3n) is 6.92. The maximum absolute atomic E-state index is 13.6. The third kappa shape index (κ3) is 4.05. The third-order valence-corrected chi connectivity index (χ3v) is 7.88. The van der Waals surface area contributed by atoms with Gasteiger partial charge in [-0.15, -0.1) is 0 Å². The van der Waals surface area contributed by atoms with E-state index in [1.54, 1.807) is 16.7 Å².